The van der Waals surface area contributed by atoms with Crippen LogP contribution in [0.4, 0.5) is 0 Å². The summed E-state index contributed by atoms with van der Waals surface area (Å²) in [6, 6.07) is 0. The molecule has 0 N–H and O–H groups in total. The first-order chi connectivity index (χ1) is 6.72. The van der Waals surface area contributed by atoms with Crippen LogP contribution < -0.4 is 5.11 Å². The van der Waals surface area contributed by atoms with Gasteiger partial charge in [-0.3, -0.25) is 0 Å². The van der Waals surface area contributed by atoms with E-state index in [1.54, 1.807) is 6.08 Å². The second kappa shape index (κ2) is 5.81. The van der Waals surface area contributed by atoms with Crippen molar-refractivity contribution in [2.24, 2.45) is 5.92 Å². The lowest BCUT2D eigenvalue weighted by molar-refractivity contribution is -0.297. The van der Waals surface area contributed by atoms with Crippen LogP contribution in [-0.4, -0.2) is 18.7 Å². The average molecular weight is 197 g/mol. The number of rotatable bonds is 4. The maximum absolute atomic E-state index is 10.2. The lowest BCUT2D eigenvalue weighted by Crippen LogP contribution is -2.22. The predicted molar refractivity (Wildman–Crippen MR) is 51.5 cm³/mol. The highest BCUT2D eigenvalue weighted by molar-refractivity contribution is 5.77. The second-order valence-electron chi connectivity index (χ2n) is 3.67. The van der Waals surface area contributed by atoms with Crippen molar-refractivity contribution >= 4 is 5.97 Å². The normalized spacial score (nSPS) is 28.1. The highest BCUT2D eigenvalue weighted by Gasteiger charge is 2.19. The maximum atomic E-state index is 10.2. The third-order valence-electron chi connectivity index (χ3n) is 2.63. The van der Waals surface area contributed by atoms with Crippen molar-refractivity contribution in [3.63, 3.8) is 0 Å². The van der Waals surface area contributed by atoms with Gasteiger partial charge in [-0.25, -0.2) is 0 Å². The van der Waals surface area contributed by atoms with Gasteiger partial charge in [0.25, 0.3) is 0 Å². The molecule has 0 aromatic rings. The van der Waals surface area contributed by atoms with Crippen molar-refractivity contribution < 1.29 is 14.6 Å². The number of carbonyl (C=O) groups excluding carboxylic acids is 1. The van der Waals surface area contributed by atoms with E-state index < -0.39 is 5.97 Å². The molecule has 3 nitrogen and oxygen atoms in total. The van der Waals surface area contributed by atoms with Gasteiger partial charge < -0.3 is 14.6 Å². The highest BCUT2D eigenvalue weighted by Crippen LogP contribution is 2.26. The van der Waals surface area contributed by atoms with Gasteiger partial charge >= 0.3 is 0 Å². The molecule has 0 spiro atoms. The van der Waals surface area contributed by atoms with E-state index in [-0.39, 0.29) is 0 Å². The van der Waals surface area contributed by atoms with Crippen LogP contribution in [0.25, 0.3) is 0 Å². The zero-order chi connectivity index (χ0) is 10.4. The Labute approximate surface area is 84.8 Å². The van der Waals surface area contributed by atoms with Crippen molar-refractivity contribution in [2.45, 2.75) is 38.7 Å². The van der Waals surface area contributed by atoms with Crippen molar-refractivity contribution in [3.8, 4) is 0 Å². The van der Waals surface area contributed by atoms with Crippen molar-refractivity contribution in [3.05, 3.63) is 12.2 Å². The molecule has 1 saturated carbocycles. The van der Waals surface area contributed by atoms with Crippen LogP contribution >= 0.6 is 0 Å². The van der Waals surface area contributed by atoms with E-state index in [1.807, 2.05) is 6.92 Å². The molecular formula is C11H17O3-. The molecule has 0 radical (unpaired) electrons. The van der Waals surface area contributed by atoms with Gasteiger partial charge in [0.05, 0.1) is 12.1 Å². The number of aliphatic carboxylic acids is 1. The van der Waals surface area contributed by atoms with E-state index >= 15 is 0 Å². The van der Waals surface area contributed by atoms with E-state index in [9.17, 15) is 9.90 Å². The number of allylic oxidation sites excluding steroid dienone is 1. The zero-order valence-corrected chi connectivity index (χ0v) is 8.57. The van der Waals surface area contributed by atoms with Gasteiger partial charge in [0.15, 0.2) is 0 Å². The molecule has 0 aliphatic heterocycles. The highest BCUT2D eigenvalue weighted by atomic mass is 16.5. The van der Waals surface area contributed by atoms with Gasteiger partial charge in [0.2, 0.25) is 0 Å². The van der Waals surface area contributed by atoms with Crippen molar-refractivity contribution in [1.82, 2.24) is 0 Å². The Morgan fingerprint density at radius 2 is 2.07 bits per heavy atom. The molecule has 0 heterocycles. The van der Waals surface area contributed by atoms with E-state index in [2.05, 4.69) is 0 Å². The first-order valence-corrected chi connectivity index (χ1v) is 5.23. The lowest BCUT2D eigenvalue weighted by atomic mass is 9.87. The third kappa shape index (κ3) is 3.92. The zero-order valence-electron chi connectivity index (χ0n) is 8.57. The number of carbonyl (C=O) groups is 1. The molecule has 0 amide bonds. The molecule has 0 unspecified atom stereocenters. The summed E-state index contributed by atoms with van der Waals surface area (Å²) < 4.78 is 5.50. The SMILES string of the molecule is CCOC1CCC(/C=C/C(=O)[O-])CC1. The summed E-state index contributed by atoms with van der Waals surface area (Å²) in [5, 5.41) is 10.2. The summed E-state index contributed by atoms with van der Waals surface area (Å²) in [5.41, 5.74) is 0. The van der Waals surface area contributed by atoms with Gasteiger partial charge in [-0.05, 0) is 44.6 Å². The second-order valence-corrected chi connectivity index (χ2v) is 3.67. The number of carboxylic acid groups (broad SMARTS) is 1. The first kappa shape index (κ1) is 11.2. The molecule has 0 atom stereocenters. The smallest absolute Gasteiger partial charge is 0.0639 e. The quantitative estimate of drug-likeness (QED) is 0.629. The molecule has 14 heavy (non-hydrogen) atoms. The molecule has 3 heteroatoms. The standard InChI is InChI=1S/C11H18O3/c1-2-14-10-6-3-9(4-7-10)5-8-11(12)13/h5,8-10H,2-4,6-7H2,1H3,(H,12,13)/p-1/b8-5+. The molecule has 80 valence electrons. The van der Waals surface area contributed by atoms with Gasteiger partial charge in [-0.1, -0.05) is 6.08 Å². The fourth-order valence-corrected chi connectivity index (χ4v) is 1.90. The van der Waals surface area contributed by atoms with Gasteiger partial charge in [0, 0.05) is 6.61 Å². The molecular weight excluding hydrogens is 180 g/mol. The van der Waals surface area contributed by atoms with Gasteiger partial charge in [-0.15, -0.1) is 0 Å². The molecule has 0 aromatic heterocycles. The van der Waals surface area contributed by atoms with Crippen LogP contribution in [0.5, 0.6) is 0 Å². The Kier molecular flexibility index (Phi) is 4.66. The van der Waals surface area contributed by atoms with Crippen molar-refractivity contribution in [1.29, 1.82) is 0 Å². The fourth-order valence-electron chi connectivity index (χ4n) is 1.90. The van der Waals surface area contributed by atoms with Gasteiger partial charge in [-0.2, -0.15) is 0 Å². The summed E-state index contributed by atoms with van der Waals surface area (Å²) in [4.78, 5) is 10.2. The van der Waals surface area contributed by atoms with E-state index in [0.29, 0.717) is 12.0 Å². The molecule has 1 rings (SSSR count). The third-order valence-corrected chi connectivity index (χ3v) is 2.63. The summed E-state index contributed by atoms with van der Waals surface area (Å²) in [6.07, 6.45) is 7.39. The Morgan fingerprint density at radius 3 is 2.57 bits per heavy atom. The summed E-state index contributed by atoms with van der Waals surface area (Å²) in [5.74, 6) is -0.707. The number of carboxylic acids is 1. The minimum absolute atomic E-state index is 0.382. The fraction of sp³-hybridized carbons (Fsp3) is 0.727. The summed E-state index contributed by atoms with van der Waals surface area (Å²) in [6.45, 7) is 2.77. The Bertz CT molecular complexity index is 203. The Morgan fingerprint density at radius 1 is 1.43 bits per heavy atom. The monoisotopic (exact) mass is 197 g/mol. The predicted octanol–water partition coefficient (Wildman–Crippen LogP) is 0.888. The van der Waals surface area contributed by atoms with Crippen LogP contribution in [0, 0.1) is 5.92 Å². The topological polar surface area (TPSA) is 49.4 Å². The molecule has 0 bridgehead atoms. The number of ether oxygens (including phenoxy) is 1. The van der Waals surface area contributed by atoms with Crippen LogP contribution in [0.15, 0.2) is 12.2 Å². The summed E-state index contributed by atoms with van der Waals surface area (Å²) in [7, 11) is 0. The molecule has 0 aromatic carbocycles. The lowest BCUT2D eigenvalue weighted by Gasteiger charge is -2.26. The molecule has 0 saturated heterocycles. The largest absolute Gasteiger partial charge is 0.545 e. The van der Waals surface area contributed by atoms with Crippen LogP contribution in [0.1, 0.15) is 32.6 Å². The Hall–Kier alpha value is -0.830. The van der Waals surface area contributed by atoms with Crippen LogP contribution in [0.2, 0.25) is 0 Å². The van der Waals surface area contributed by atoms with Gasteiger partial charge in [0.1, 0.15) is 0 Å². The van der Waals surface area contributed by atoms with E-state index in [4.69, 9.17) is 4.74 Å². The maximum Gasteiger partial charge on any atom is 0.0639 e. The first-order valence-electron chi connectivity index (χ1n) is 5.23. The summed E-state index contributed by atoms with van der Waals surface area (Å²) >= 11 is 0. The number of hydrogen-bond acceptors (Lipinski definition) is 3. The minimum Gasteiger partial charge on any atom is -0.545 e. The molecule has 1 aliphatic rings. The van der Waals surface area contributed by atoms with Crippen LogP contribution in [-0.2, 0) is 9.53 Å². The molecule has 1 aliphatic carbocycles. The van der Waals surface area contributed by atoms with E-state index in [0.717, 1.165) is 38.4 Å². The number of hydrogen-bond donors (Lipinski definition) is 0. The Balaban J connectivity index is 2.25. The van der Waals surface area contributed by atoms with Crippen molar-refractivity contribution in [2.75, 3.05) is 6.61 Å². The minimum atomic E-state index is -1.10. The van der Waals surface area contributed by atoms with E-state index in [1.165, 1.54) is 0 Å². The van der Waals surface area contributed by atoms with Crippen LogP contribution in [0.3, 0.4) is 0 Å². The average Bonchev–Trinajstić information content (AvgIpc) is 2.17. The molecule has 1 fully saturated rings.